The summed E-state index contributed by atoms with van der Waals surface area (Å²) in [5.41, 5.74) is 1.13. The quantitative estimate of drug-likeness (QED) is 0.145. The molecule has 4 atom stereocenters. The molecule has 0 spiro atoms. The number of carboxylic acid groups (broad SMARTS) is 2. The highest BCUT2D eigenvalue weighted by Crippen LogP contribution is 2.42. The SMILES string of the molecule is O=C(NCC1CC(C(=O)O)CC(S)C1S)c1ccc(C(=O)O)c(-c2c3ccc(=O)cc-3oc3cc(O)ccc23)c1. The first-order valence-electron chi connectivity index (χ1n) is 12.5. The van der Waals surface area contributed by atoms with Crippen molar-refractivity contribution in [1.29, 1.82) is 0 Å². The highest BCUT2D eigenvalue weighted by Gasteiger charge is 2.37. The van der Waals surface area contributed by atoms with Crippen molar-refractivity contribution in [3.8, 4) is 28.2 Å². The van der Waals surface area contributed by atoms with Crippen molar-refractivity contribution in [1.82, 2.24) is 5.32 Å². The molecule has 0 radical (unpaired) electrons. The van der Waals surface area contributed by atoms with Crippen LogP contribution in [0.4, 0.5) is 0 Å². The summed E-state index contributed by atoms with van der Waals surface area (Å²) in [5, 5.41) is 32.4. The van der Waals surface area contributed by atoms with Crippen LogP contribution in [-0.2, 0) is 4.79 Å². The summed E-state index contributed by atoms with van der Waals surface area (Å²) in [4.78, 5) is 49.1. The van der Waals surface area contributed by atoms with Crippen LogP contribution in [0.3, 0.4) is 0 Å². The third-order valence-corrected chi connectivity index (χ3v) is 8.87. The summed E-state index contributed by atoms with van der Waals surface area (Å²) in [6.45, 7) is 0.172. The Balaban J connectivity index is 1.56. The average molecular weight is 580 g/mol. The Bertz CT molecular complexity index is 1680. The molecule has 1 fully saturated rings. The maximum Gasteiger partial charge on any atom is 0.336 e. The largest absolute Gasteiger partial charge is 0.508 e. The van der Waals surface area contributed by atoms with Crippen LogP contribution in [0, 0.1) is 11.8 Å². The number of carbonyl (C=O) groups excluding carboxylic acids is 1. The van der Waals surface area contributed by atoms with Crippen molar-refractivity contribution < 1.29 is 34.1 Å². The van der Waals surface area contributed by atoms with Crippen LogP contribution in [0.1, 0.15) is 33.6 Å². The second-order valence-corrected chi connectivity index (χ2v) is 11.2. The zero-order valence-electron chi connectivity index (χ0n) is 20.9. The molecular weight excluding hydrogens is 554 g/mol. The van der Waals surface area contributed by atoms with Gasteiger partial charge in [-0.1, -0.05) is 0 Å². The summed E-state index contributed by atoms with van der Waals surface area (Å²) >= 11 is 9.09. The number of hydrogen-bond acceptors (Lipinski definition) is 8. The molecule has 0 saturated heterocycles. The number of amides is 1. The highest BCUT2D eigenvalue weighted by molar-refractivity contribution is 7.85. The lowest BCUT2D eigenvalue weighted by atomic mass is 9.80. The van der Waals surface area contributed by atoms with Crippen LogP contribution in [0.25, 0.3) is 33.4 Å². The number of fused-ring (bicyclic) bond motifs is 2. The molecule has 1 aliphatic heterocycles. The number of thiol groups is 2. The summed E-state index contributed by atoms with van der Waals surface area (Å²) in [5.74, 6) is -3.28. The minimum Gasteiger partial charge on any atom is -0.508 e. The number of carboxylic acids is 2. The first kappa shape index (κ1) is 27.6. The van der Waals surface area contributed by atoms with E-state index in [9.17, 15) is 34.5 Å². The number of aromatic hydroxyl groups is 1. The topological polar surface area (TPSA) is 154 Å². The normalized spacial score (nSPS) is 20.9. The van der Waals surface area contributed by atoms with Gasteiger partial charge in [0.15, 0.2) is 5.43 Å². The Hall–Kier alpha value is -3.96. The number of benzene rings is 3. The molecule has 11 heteroatoms. The van der Waals surface area contributed by atoms with E-state index >= 15 is 0 Å². The van der Waals surface area contributed by atoms with Gasteiger partial charge in [-0.3, -0.25) is 14.4 Å². The molecule has 1 amide bonds. The Kier molecular flexibility index (Phi) is 7.52. The second kappa shape index (κ2) is 10.9. The van der Waals surface area contributed by atoms with Crippen molar-refractivity contribution in [3.63, 3.8) is 0 Å². The molecule has 2 aromatic carbocycles. The molecule has 1 heterocycles. The minimum atomic E-state index is -1.22. The van der Waals surface area contributed by atoms with Crippen LogP contribution >= 0.6 is 25.3 Å². The summed E-state index contributed by atoms with van der Waals surface area (Å²) in [6, 6.07) is 12.7. The number of phenols is 1. The highest BCUT2D eigenvalue weighted by atomic mass is 32.1. The van der Waals surface area contributed by atoms with Crippen molar-refractivity contribution in [2.45, 2.75) is 23.3 Å². The summed E-state index contributed by atoms with van der Waals surface area (Å²) in [6.07, 6.45) is 0.748. The van der Waals surface area contributed by atoms with Crippen molar-refractivity contribution in [2.75, 3.05) is 6.54 Å². The maximum atomic E-state index is 13.3. The van der Waals surface area contributed by atoms with Crippen LogP contribution < -0.4 is 10.7 Å². The molecule has 3 aliphatic rings. The predicted molar refractivity (Wildman–Crippen MR) is 155 cm³/mol. The smallest absolute Gasteiger partial charge is 0.336 e. The van der Waals surface area contributed by atoms with Gasteiger partial charge in [-0.25, -0.2) is 4.79 Å². The molecule has 2 aliphatic carbocycles. The van der Waals surface area contributed by atoms with Crippen LogP contribution in [-0.4, -0.2) is 50.2 Å². The minimum absolute atomic E-state index is 0.0745. The van der Waals surface area contributed by atoms with E-state index in [1.54, 1.807) is 6.07 Å². The second-order valence-electron chi connectivity index (χ2n) is 9.92. The first-order valence-corrected chi connectivity index (χ1v) is 13.5. The lowest BCUT2D eigenvalue weighted by molar-refractivity contribution is -0.143. The van der Waals surface area contributed by atoms with Gasteiger partial charge in [0.1, 0.15) is 17.1 Å². The zero-order valence-corrected chi connectivity index (χ0v) is 22.7. The number of hydrogen-bond donors (Lipinski definition) is 6. The lowest BCUT2D eigenvalue weighted by Crippen LogP contribution is -2.43. The van der Waals surface area contributed by atoms with Gasteiger partial charge < -0.3 is 25.1 Å². The Morgan fingerprint density at radius 2 is 1.73 bits per heavy atom. The Morgan fingerprint density at radius 1 is 0.950 bits per heavy atom. The lowest BCUT2D eigenvalue weighted by Gasteiger charge is -2.36. The van der Waals surface area contributed by atoms with E-state index in [0.29, 0.717) is 29.4 Å². The molecule has 4 N–H and O–H groups in total. The number of aromatic carboxylic acids is 1. The van der Waals surface area contributed by atoms with Gasteiger partial charge in [0.2, 0.25) is 0 Å². The number of phenolic OH excluding ortho intramolecular Hbond substituents is 1. The molecule has 9 nitrogen and oxygen atoms in total. The third kappa shape index (κ3) is 5.26. The fraction of sp³-hybridized carbons (Fsp3) is 0.241. The fourth-order valence-electron chi connectivity index (χ4n) is 5.31. The molecular formula is C29H25NO8S2. The zero-order chi connectivity index (χ0) is 28.7. The van der Waals surface area contributed by atoms with Gasteiger partial charge in [-0.2, -0.15) is 25.3 Å². The number of nitrogens with one attached hydrogen (secondary N) is 1. The van der Waals surface area contributed by atoms with Gasteiger partial charge in [0.05, 0.1) is 11.5 Å². The van der Waals surface area contributed by atoms with Gasteiger partial charge >= 0.3 is 11.9 Å². The van der Waals surface area contributed by atoms with Gasteiger partial charge in [0, 0.05) is 51.3 Å². The van der Waals surface area contributed by atoms with E-state index in [1.807, 2.05) is 0 Å². The molecule has 0 bridgehead atoms. The Morgan fingerprint density at radius 3 is 2.45 bits per heavy atom. The van der Waals surface area contributed by atoms with E-state index in [2.05, 4.69) is 30.6 Å². The van der Waals surface area contributed by atoms with Crippen molar-refractivity contribution >= 4 is 54.1 Å². The van der Waals surface area contributed by atoms with Crippen molar-refractivity contribution in [3.05, 3.63) is 75.9 Å². The predicted octanol–water partition coefficient (Wildman–Crippen LogP) is 4.41. The van der Waals surface area contributed by atoms with Gasteiger partial charge in [-0.15, -0.1) is 0 Å². The molecule has 40 heavy (non-hydrogen) atoms. The van der Waals surface area contributed by atoms with Crippen LogP contribution in [0.2, 0.25) is 0 Å². The van der Waals surface area contributed by atoms with E-state index < -0.39 is 23.8 Å². The molecule has 5 rings (SSSR count). The number of carbonyl (C=O) groups is 3. The van der Waals surface area contributed by atoms with Gasteiger partial charge in [-0.05, 0) is 66.8 Å². The standard InChI is InChI=1S/C29H25NO8S2/c31-16-2-5-19-22(10-16)38-23-11-17(32)3-6-20(23)25(19)21-8-13(1-4-18(21)29(36)37)27(33)30-12-15-7-14(28(34)35)9-24(39)26(15)40/h1-6,8,10-11,14-15,24,26,31,39-40H,7,9,12H2,(H,30,33)(H,34,35)(H,36,37). The molecule has 206 valence electrons. The molecule has 2 aromatic rings. The maximum absolute atomic E-state index is 13.3. The van der Waals surface area contributed by atoms with E-state index in [-0.39, 0.29) is 62.2 Å². The number of rotatable bonds is 6. The first-order chi connectivity index (χ1) is 19.0. The van der Waals surface area contributed by atoms with E-state index in [4.69, 9.17) is 4.42 Å². The Labute approximate surface area is 239 Å². The van der Waals surface area contributed by atoms with Crippen LogP contribution in [0.15, 0.2) is 63.8 Å². The summed E-state index contributed by atoms with van der Waals surface area (Å²) < 4.78 is 5.86. The monoisotopic (exact) mass is 579 g/mol. The van der Waals surface area contributed by atoms with Crippen LogP contribution in [0.5, 0.6) is 5.75 Å². The average Bonchev–Trinajstić information content (AvgIpc) is 2.91. The van der Waals surface area contributed by atoms with Gasteiger partial charge in [0.25, 0.3) is 5.91 Å². The fourth-order valence-corrected chi connectivity index (χ4v) is 6.15. The molecule has 0 aromatic heterocycles. The van der Waals surface area contributed by atoms with E-state index in [1.165, 1.54) is 48.5 Å². The summed E-state index contributed by atoms with van der Waals surface area (Å²) in [7, 11) is 0. The van der Waals surface area contributed by atoms with E-state index in [0.717, 1.165) is 0 Å². The molecule has 1 saturated carbocycles. The van der Waals surface area contributed by atoms with Crippen molar-refractivity contribution in [2.24, 2.45) is 11.8 Å². The molecule has 4 unspecified atom stereocenters. The number of aliphatic carboxylic acids is 1. The third-order valence-electron chi connectivity index (χ3n) is 7.32.